The number of carbonyl (C=O) groups is 1. The third-order valence-corrected chi connectivity index (χ3v) is 3.57. The van der Waals surface area contributed by atoms with Crippen molar-refractivity contribution in [2.45, 2.75) is 25.8 Å². The zero-order valence-electron chi connectivity index (χ0n) is 11.8. The van der Waals surface area contributed by atoms with Crippen LogP contribution in [0.1, 0.15) is 30.5 Å². The predicted molar refractivity (Wildman–Crippen MR) is 84.4 cm³/mol. The van der Waals surface area contributed by atoms with Crippen LogP contribution >= 0.6 is 11.6 Å². The van der Waals surface area contributed by atoms with Crippen molar-refractivity contribution in [1.29, 1.82) is 0 Å². The van der Waals surface area contributed by atoms with E-state index < -0.39 is 0 Å². The first-order valence-corrected chi connectivity index (χ1v) is 7.29. The number of hydrogen-bond donors (Lipinski definition) is 2. The highest BCUT2D eigenvalue weighted by molar-refractivity contribution is 6.30. The molecule has 1 atom stereocenters. The van der Waals surface area contributed by atoms with E-state index in [9.17, 15) is 9.90 Å². The third kappa shape index (κ3) is 4.50. The molecule has 3 nitrogen and oxygen atoms in total. The molecule has 2 rings (SSSR count). The first-order valence-electron chi connectivity index (χ1n) is 6.91. The summed E-state index contributed by atoms with van der Waals surface area (Å²) in [5, 5.41) is 12.9. The van der Waals surface area contributed by atoms with Gasteiger partial charge in [-0.2, -0.15) is 0 Å². The van der Waals surface area contributed by atoms with Crippen LogP contribution in [-0.4, -0.2) is 11.0 Å². The molecule has 0 bridgehead atoms. The maximum absolute atomic E-state index is 12.1. The van der Waals surface area contributed by atoms with Crippen molar-refractivity contribution >= 4 is 17.5 Å². The monoisotopic (exact) mass is 303 g/mol. The molecule has 0 spiro atoms. The summed E-state index contributed by atoms with van der Waals surface area (Å²) in [5.41, 5.74) is 1.91. The molecule has 1 unspecified atom stereocenters. The SMILES string of the molecule is CCC(NC(=O)Cc1ccc(O)cc1)c1ccc(Cl)cc1. The summed E-state index contributed by atoms with van der Waals surface area (Å²) in [7, 11) is 0. The minimum atomic E-state index is -0.0394. The van der Waals surface area contributed by atoms with Gasteiger partial charge in [-0.15, -0.1) is 0 Å². The summed E-state index contributed by atoms with van der Waals surface area (Å²) < 4.78 is 0. The number of benzene rings is 2. The number of phenols is 1. The molecule has 0 saturated heterocycles. The average Bonchev–Trinajstić information content (AvgIpc) is 2.48. The number of phenolic OH excluding ortho intramolecular Hbond substituents is 1. The molecule has 21 heavy (non-hydrogen) atoms. The first kappa shape index (κ1) is 15.4. The van der Waals surface area contributed by atoms with Gasteiger partial charge in [-0.05, 0) is 41.8 Å². The zero-order chi connectivity index (χ0) is 15.2. The molecule has 110 valence electrons. The molecule has 0 saturated carbocycles. The van der Waals surface area contributed by atoms with Gasteiger partial charge in [0, 0.05) is 5.02 Å². The molecule has 0 fully saturated rings. The Morgan fingerprint density at radius 2 is 1.76 bits per heavy atom. The van der Waals surface area contributed by atoms with Crippen LogP contribution < -0.4 is 5.32 Å². The molecular weight excluding hydrogens is 286 g/mol. The van der Waals surface area contributed by atoms with Gasteiger partial charge in [0.25, 0.3) is 0 Å². The van der Waals surface area contributed by atoms with Gasteiger partial charge in [0.15, 0.2) is 0 Å². The molecule has 0 aliphatic rings. The maximum Gasteiger partial charge on any atom is 0.224 e. The van der Waals surface area contributed by atoms with Crippen molar-refractivity contribution in [2.24, 2.45) is 0 Å². The lowest BCUT2D eigenvalue weighted by atomic mass is 10.0. The summed E-state index contributed by atoms with van der Waals surface area (Å²) >= 11 is 5.88. The smallest absolute Gasteiger partial charge is 0.224 e. The van der Waals surface area contributed by atoms with Crippen molar-refractivity contribution in [1.82, 2.24) is 5.32 Å². The van der Waals surface area contributed by atoms with Crippen LogP contribution in [0.4, 0.5) is 0 Å². The largest absolute Gasteiger partial charge is 0.508 e. The summed E-state index contributed by atoms with van der Waals surface area (Å²) in [4.78, 5) is 12.1. The Morgan fingerprint density at radius 3 is 2.33 bits per heavy atom. The first-order chi connectivity index (χ1) is 10.1. The highest BCUT2D eigenvalue weighted by Crippen LogP contribution is 2.19. The molecule has 4 heteroatoms. The summed E-state index contributed by atoms with van der Waals surface area (Å²) in [6.45, 7) is 2.03. The second kappa shape index (κ2) is 7.14. The molecule has 0 radical (unpaired) electrons. The number of nitrogens with one attached hydrogen (secondary N) is 1. The molecule has 2 aromatic rings. The Balaban J connectivity index is 1.99. The number of hydrogen-bond acceptors (Lipinski definition) is 2. The minimum Gasteiger partial charge on any atom is -0.508 e. The van der Waals surface area contributed by atoms with Crippen LogP contribution in [0, 0.1) is 0 Å². The lowest BCUT2D eigenvalue weighted by molar-refractivity contribution is -0.121. The molecule has 0 heterocycles. The molecule has 2 N–H and O–H groups in total. The Kier molecular flexibility index (Phi) is 5.23. The van der Waals surface area contributed by atoms with Gasteiger partial charge in [0.1, 0.15) is 5.75 Å². The van der Waals surface area contributed by atoms with E-state index in [0.29, 0.717) is 11.4 Å². The second-order valence-electron chi connectivity index (χ2n) is 4.92. The fourth-order valence-electron chi connectivity index (χ4n) is 2.16. The Morgan fingerprint density at radius 1 is 1.14 bits per heavy atom. The fourth-order valence-corrected chi connectivity index (χ4v) is 2.29. The minimum absolute atomic E-state index is 0.0214. The molecule has 0 aliphatic heterocycles. The van der Waals surface area contributed by atoms with Crippen LogP contribution in [-0.2, 0) is 11.2 Å². The number of amides is 1. The third-order valence-electron chi connectivity index (χ3n) is 3.32. The summed E-state index contributed by atoms with van der Waals surface area (Å²) in [6.07, 6.45) is 1.10. The van der Waals surface area contributed by atoms with Gasteiger partial charge in [-0.25, -0.2) is 0 Å². The highest BCUT2D eigenvalue weighted by atomic mass is 35.5. The summed E-state index contributed by atoms with van der Waals surface area (Å²) in [5.74, 6) is 0.161. The number of halogens is 1. The molecule has 0 aliphatic carbocycles. The van der Waals surface area contributed by atoms with Crippen molar-refractivity contribution in [3.8, 4) is 5.75 Å². The van der Waals surface area contributed by atoms with Crippen LogP contribution in [0.15, 0.2) is 48.5 Å². The highest BCUT2D eigenvalue weighted by Gasteiger charge is 2.13. The average molecular weight is 304 g/mol. The van der Waals surface area contributed by atoms with Crippen LogP contribution in [0.3, 0.4) is 0 Å². The van der Waals surface area contributed by atoms with E-state index in [-0.39, 0.29) is 17.7 Å². The van der Waals surface area contributed by atoms with E-state index >= 15 is 0 Å². The van der Waals surface area contributed by atoms with Gasteiger partial charge in [-0.3, -0.25) is 4.79 Å². The predicted octanol–water partition coefficient (Wildman–Crippen LogP) is 3.86. The van der Waals surface area contributed by atoms with E-state index in [4.69, 9.17) is 11.6 Å². The van der Waals surface area contributed by atoms with Crippen molar-refractivity contribution in [3.63, 3.8) is 0 Å². The lowest BCUT2D eigenvalue weighted by Gasteiger charge is -2.17. The van der Waals surface area contributed by atoms with Crippen LogP contribution in [0.25, 0.3) is 0 Å². The lowest BCUT2D eigenvalue weighted by Crippen LogP contribution is -2.29. The van der Waals surface area contributed by atoms with Gasteiger partial charge in [0.2, 0.25) is 5.91 Å². The zero-order valence-corrected chi connectivity index (χ0v) is 12.6. The molecule has 0 aromatic heterocycles. The van der Waals surface area contributed by atoms with Gasteiger partial charge in [0.05, 0.1) is 12.5 Å². The van der Waals surface area contributed by atoms with Crippen LogP contribution in [0.5, 0.6) is 5.75 Å². The Labute approximate surface area is 129 Å². The fraction of sp³-hybridized carbons (Fsp3) is 0.235. The number of rotatable bonds is 5. The summed E-state index contributed by atoms with van der Waals surface area (Å²) in [6, 6.07) is 14.1. The van der Waals surface area contributed by atoms with Gasteiger partial charge >= 0.3 is 0 Å². The van der Waals surface area contributed by atoms with E-state index in [2.05, 4.69) is 5.32 Å². The second-order valence-corrected chi connectivity index (χ2v) is 5.36. The van der Waals surface area contributed by atoms with Crippen molar-refractivity contribution in [3.05, 3.63) is 64.7 Å². The molecular formula is C17H18ClNO2. The number of carbonyl (C=O) groups excluding carboxylic acids is 1. The standard InChI is InChI=1S/C17H18ClNO2/c1-2-16(13-5-7-14(18)8-6-13)19-17(21)11-12-3-9-15(20)10-4-12/h3-10,16,20H,2,11H2,1H3,(H,19,21). The van der Waals surface area contributed by atoms with E-state index in [1.165, 1.54) is 0 Å². The quantitative estimate of drug-likeness (QED) is 0.881. The molecule has 1 amide bonds. The normalized spacial score (nSPS) is 11.9. The van der Waals surface area contributed by atoms with Gasteiger partial charge in [-0.1, -0.05) is 42.8 Å². The van der Waals surface area contributed by atoms with E-state index in [1.807, 2.05) is 31.2 Å². The molecule has 2 aromatic carbocycles. The van der Waals surface area contributed by atoms with E-state index in [1.54, 1.807) is 24.3 Å². The van der Waals surface area contributed by atoms with Gasteiger partial charge < -0.3 is 10.4 Å². The number of aromatic hydroxyl groups is 1. The maximum atomic E-state index is 12.1. The topological polar surface area (TPSA) is 49.3 Å². The van der Waals surface area contributed by atoms with Crippen molar-refractivity contribution < 1.29 is 9.90 Å². The van der Waals surface area contributed by atoms with Crippen molar-refractivity contribution in [2.75, 3.05) is 0 Å². The van der Waals surface area contributed by atoms with E-state index in [0.717, 1.165) is 17.5 Å². The van der Waals surface area contributed by atoms with Crippen LogP contribution in [0.2, 0.25) is 5.02 Å². The Bertz CT molecular complexity index is 593. The Hall–Kier alpha value is -2.00.